The first-order valence-electron chi connectivity index (χ1n) is 7.46. The lowest BCUT2D eigenvalue weighted by molar-refractivity contribution is -0.127. The van der Waals surface area contributed by atoms with Gasteiger partial charge in [0.2, 0.25) is 0 Å². The summed E-state index contributed by atoms with van der Waals surface area (Å²) >= 11 is 1.66. The molecule has 23 heavy (non-hydrogen) atoms. The zero-order valence-corrected chi connectivity index (χ0v) is 14.9. The van der Waals surface area contributed by atoms with Gasteiger partial charge < -0.3 is 14.6 Å². The molecular formula is C17H22N2O3S. The first kappa shape index (κ1) is 17.4. The number of aromatic nitrogens is 1. The van der Waals surface area contributed by atoms with E-state index in [1.807, 2.05) is 51.3 Å². The Labute approximate surface area is 140 Å². The van der Waals surface area contributed by atoms with Gasteiger partial charge in [-0.15, -0.1) is 11.8 Å². The Morgan fingerprint density at radius 3 is 2.43 bits per heavy atom. The Balaban J connectivity index is 1.96. The maximum atomic E-state index is 12.3. The van der Waals surface area contributed by atoms with Crippen LogP contribution in [0.5, 0.6) is 5.75 Å². The van der Waals surface area contributed by atoms with Crippen LogP contribution >= 0.6 is 11.8 Å². The molecule has 124 valence electrons. The number of hydrogen-bond donors (Lipinski definition) is 1. The highest BCUT2D eigenvalue weighted by atomic mass is 32.2. The van der Waals surface area contributed by atoms with Gasteiger partial charge in [-0.1, -0.05) is 5.16 Å². The van der Waals surface area contributed by atoms with E-state index in [4.69, 9.17) is 9.26 Å². The Kier molecular flexibility index (Phi) is 5.71. The Morgan fingerprint density at radius 1 is 1.26 bits per heavy atom. The summed E-state index contributed by atoms with van der Waals surface area (Å²) in [5.74, 6) is 1.22. The van der Waals surface area contributed by atoms with E-state index in [9.17, 15) is 4.79 Å². The smallest absolute Gasteiger partial charge is 0.261 e. The Morgan fingerprint density at radius 2 is 1.91 bits per heavy atom. The van der Waals surface area contributed by atoms with Gasteiger partial charge in [-0.2, -0.15) is 0 Å². The number of nitrogens with one attached hydrogen (secondary N) is 1. The zero-order chi connectivity index (χ0) is 17.0. The SMILES string of the molecule is CSc1ccc(OC(C)C(=O)NC(C)c2c(C)noc2C)cc1. The summed E-state index contributed by atoms with van der Waals surface area (Å²) < 4.78 is 10.8. The quantitative estimate of drug-likeness (QED) is 0.817. The van der Waals surface area contributed by atoms with E-state index in [-0.39, 0.29) is 11.9 Å². The number of amides is 1. The number of carbonyl (C=O) groups excluding carboxylic acids is 1. The maximum Gasteiger partial charge on any atom is 0.261 e. The zero-order valence-electron chi connectivity index (χ0n) is 14.0. The van der Waals surface area contributed by atoms with Gasteiger partial charge in [-0.3, -0.25) is 4.79 Å². The molecule has 0 aliphatic heterocycles. The molecule has 0 saturated heterocycles. The fourth-order valence-corrected chi connectivity index (χ4v) is 2.83. The molecule has 0 radical (unpaired) electrons. The summed E-state index contributed by atoms with van der Waals surface area (Å²) in [7, 11) is 0. The minimum absolute atomic E-state index is 0.175. The molecule has 2 aromatic rings. The molecule has 1 amide bonds. The van der Waals surface area contributed by atoms with Gasteiger partial charge >= 0.3 is 0 Å². The third kappa shape index (κ3) is 4.28. The third-order valence-electron chi connectivity index (χ3n) is 3.62. The fourth-order valence-electron chi connectivity index (χ4n) is 2.42. The first-order valence-corrected chi connectivity index (χ1v) is 8.68. The van der Waals surface area contributed by atoms with E-state index in [0.717, 1.165) is 21.9 Å². The highest BCUT2D eigenvalue weighted by Crippen LogP contribution is 2.22. The second-order valence-electron chi connectivity index (χ2n) is 5.40. The standard InChI is InChI=1S/C17H22N2O3S/c1-10(16-11(2)19-22-12(16)3)18-17(20)13(4)21-14-6-8-15(23-5)9-7-14/h6-10,13H,1-5H3,(H,18,20). The number of carbonyl (C=O) groups is 1. The average molecular weight is 334 g/mol. The molecule has 1 aromatic heterocycles. The van der Waals surface area contributed by atoms with Gasteiger partial charge in [-0.05, 0) is 58.2 Å². The number of hydrogen-bond acceptors (Lipinski definition) is 5. The van der Waals surface area contributed by atoms with Crippen molar-refractivity contribution in [2.45, 2.75) is 44.7 Å². The molecule has 2 atom stereocenters. The van der Waals surface area contributed by atoms with Crippen molar-refractivity contribution < 1.29 is 14.1 Å². The van der Waals surface area contributed by atoms with Gasteiger partial charge in [-0.25, -0.2) is 0 Å². The molecule has 2 rings (SSSR count). The number of ether oxygens (including phenoxy) is 1. The number of aryl methyl sites for hydroxylation is 2. The van der Waals surface area contributed by atoms with Crippen LogP contribution in [0.2, 0.25) is 0 Å². The molecule has 0 aliphatic rings. The third-order valence-corrected chi connectivity index (χ3v) is 4.37. The molecule has 0 saturated carbocycles. The number of nitrogens with zero attached hydrogens (tertiary/aromatic N) is 1. The van der Waals surface area contributed by atoms with E-state index < -0.39 is 6.10 Å². The molecule has 1 aromatic carbocycles. The van der Waals surface area contributed by atoms with Crippen LogP contribution in [0.1, 0.15) is 36.9 Å². The van der Waals surface area contributed by atoms with Gasteiger partial charge in [0, 0.05) is 10.5 Å². The van der Waals surface area contributed by atoms with Crippen molar-refractivity contribution in [3.05, 3.63) is 41.3 Å². The highest BCUT2D eigenvalue weighted by Gasteiger charge is 2.22. The largest absolute Gasteiger partial charge is 0.481 e. The Bertz CT molecular complexity index is 647. The summed E-state index contributed by atoms with van der Waals surface area (Å²) in [5, 5.41) is 6.85. The minimum atomic E-state index is -0.585. The summed E-state index contributed by atoms with van der Waals surface area (Å²) in [6, 6.07) is 7.49. The van der Waals surface area contributed by atoms with Crippen LogP contribution < -0.4 is 10.1 Å². The summed E-state index contributed by atoms with van der Waals surface area (Å²) in [6.45, 7) is 7.34. The lowest BCUT2D eigenvalue weighted by Crippen LogP contribution is -2.38. The lowest BCUT2D eigenvalue weighted by atomic mass is 10.1. The predicted molar refractivity (Wildman–Crippen MR) is 90.8 cm³/mol. The van der Waals surface area contributed by atoms with Gasteiger partial charge in [0.15, 0.2) is 6.10 Å². The van der Waals surface area contributed by atoms with Gasteiger partial charge in [0.25, 0.3) is 5.91 Å². The molecule has 0 spiro atoms. The van der Waals surface area contributed by atoms with E-state index in [2.05, 4.69) is 10.5 Å². The summed E-state index contributed by atoms with van der Waals surface area (Å²) in [5.41, 5.74) is 1.70. The van der Waals surface area contributed by atoms with Gasteiger partial charge in [0.05, 0.1) is 11.7 Å². The molecule has 0 fully saturated rings. The van der Waals surface area contributed by atoms with E-state index >= 15 is 0 Å². The van der Waals surface area contributed by atoms with Crippen molar-refractivity contribution in [1.82, 2.24) is 10.5 Å². The van der Waals surface area contributed by atoms with Crippen molar-refractivity contribution >= 4 is 17.7 Å². The lowest BCUT2D eigenvalue weighted by Gasteiger charge is -2.19. The molecule has 1 heterocycles. The monoisotopic (exact) mass is 334 g/mol. The molecule has 1 N–H and O–H groups in total. The number of thioether (sulfide) groups is 1. The minimum Gasteiger partial charge on any atom is -0.481 e. The van der Waals surface area contributed by atoms with Crippen molar-refractivity contribution in [2.75, 3.05) is 6.26 Å². The molecule has 5 nitrogen and oxygen atoms in total. The van der Waals surface area contributed by atoms with Crippen LogP contribution in [0.4, 0.5) is 0 Å². The topological polar surface area (TPSA) is 64.4 Å². The van der Waals surface area contributed by atoms with Crippen LogP contribution in [0.15, 0.2) is 33.7 Å². The van der Waals surface area contributed by atoms with Crippen molar-refractivity contribution in [3.8, 4) is 5.75 Å². The second-order valence-corrected chi connectivity index (χ2v) is 6.28. The summed E-state index contributed by atoms with van der Waals surface area (Å²) in [4.78, 5) is 13.5. The van der Waals surface area contributed by atoms with Crippen LogP contribution in [0.25, 0.3) is 0 Å². The van der Waals surface area contributed by atoms with Crippen LogP contribution in [-0.2, 0) is 4.79 Å². The fraction of sp³-hybridized carbons (Fsp3) is 0.412. The van der Waals surface area contributed by atoms with Crippen LogP contribution in [-0.4, -0.2) is 23.4 Å². The Hall–Kier alpha value is -1.95. The maximum absolute atomic E-state index is 12.3. The van der Waals surface area contributed by atoms with Crippen molar-refractivity contribution in [1.29, 1.82) is 0 Å². The van der Waals surface area contributed by atoms with Gasteiger partial charge in [0.1, 0.15) is 11.5 Å². The second kappa shape index (κ2) is 7.55. The predicted octanol–water partition coefficient (Wildman–Crippen LogP) is 3.66. The van der Waals surface area contributed by atoms with E-state index in [1.165, 1.54) is 0 Å². The number of benzene rings is 1. The van der Waals surface area contributed by atoms with Crippen molar-refractivity contribution in [2.24, 2.45) is 0 Å². The average Bonchev–Trinajstić information content (AvgIpc) is 2.86. The van der Waals surface area contributed by atoms with E-state index in [1.54, 1.807) is 18.7 Å². The summed E-state index contributed by atoms with van der Waals surface area (Å²) in [6.07, 6.45) is 1.43. The number of rotatable bonds is 6. The first-order chi connectivity index (χ1) is 10.9. The molecule has 6 heteroatoms. The molecule has 2 unspecified atom stereocenters. The highest BCUT2D eigenvalue weighted by molar-refractivity contribution is 7.98. The van der Waals surface area contributed by atoms with Crippen LogP contribution in [0.3, 0.4) is 0 Å². The van der Waals surface area contributed by atoms with Crippen molar-refractivity contribution in [3.63, 3.8) is 0 Å². The molecule has 0 bridgehead atoms. The van der Waals surface area contributed by atoms with Crippen LogP contribution in [0, 0.1) is 13.8 Å². The molecule has 0 aliphatic carbocycles. The molecular weight excluding hydrogens is 312 g/mol. The normalized spacial score (nSPS) is 13.4. The van der Waals surface area contributed by atoms with E-state index in [0.29, 0.717) is 5.75 Å².